The molecule has 0 fully saturated rings. The van der Waals surface area contributed by atoms with Gasteiger partial charge in [-0.15, -0.1) is 24.0 Å². The van der Waals surface area contributed by atoms with Gasteiger partial charge in [0, 0.05) is 25.0 Å². The Bertz CT molecular complexity index is 286. The van der Waals surface area contributed by atoms with Crippen molar-refractivity contribution in [1.29, 1.82) is 0 Å². The SMILES string of the molecule is COc1cc(CNCCCl)cc(OC)c1.Cl. The number of methoxy groups -OCH3 is 2. The molecule has 0 heterocycles. The van der Waals surface area contributed by atoms with Crippen molar-refractivity contribution >= 4 is 24.0 Å². The second kappa shape index (κ2) is 8.50. The maximum atomic E-state index is 5.57. The molecule has 0 radical (unpaired) electrons. The summed E-state index contributed by atoms with van der Waals surface area (Å²) in [6, 6.07) is 5.80. The molecule has 0 aromatic heterocycles. The topological polar surface area (TPSA) is 30.5 Å². The van der Waals surface area contributed by atoms with E-state index >= 15 is 0 Å². The molecule has 1 aromatic rings. The Morgan fingerprint density at radius 3 is 2.12 bits per heavy atom. The number of alkyl halides is 1. The smallest absolute Gasteiger partial charge is 0.122 e. The standard InChI is InChI=1S/C11H16ClNO2.ClH/c1-14-10-5-9(8-13-4-3-12)6-11(7-10)15-2;/h5-7,13H,3-4,8H2,1-2H3;1H. The van der Waals surface area contributed by atoms with Crippen LogP contribution in [-0.4, -0.2) is 26.6 Å². The second-order valence-electron chi connectivity index (χ2n) is 3.09. The fourth-order valence-corrected chi connectivity index (χ4v) is 1.40. The van der Waals surface area contributed by atoms with Crippen LogP contribution >= 0.6 is 24.0 Å². The molecule has 0 amide bonds. The first kappa shape index (κ1) is 15.4. The van der Waals surface area contributed by atoms with Gasteiger partial charge in [0.15, 0.2) is 0 Å². The number of ether oxygens (including phenoxy) is 2. The second-order valence-corrected chi connectivity index (χ2v) is 3.46. The fraction of sp³-hybridized carbons (Fsp3) is 0.455. The van der Waals surface area contributed by atoms with Crippen LogP contribution in [0.4, 0.5) is 0 Å². The molecule has 0 saturated carbocycles. The van der Waals surface area contributed by atoms with Crippen molar-refractivity contribution in [3.8, 4) is 11.5 Å². The van der Waals surface area contributed by atoms with Crippen molar-refractivity contribution in [2.75, 3.05) is 26.6 Å². The lowest BCUT2D eigenvalue weighted by molar-refractivity contribution is 0.393. The zero-order valence-corrected chi connectivity index (χ0v) is 11.0. The van der Waals surface area contributed by atoms with Crippen molar-refractivity contribution in [3.63, 3.8) is 0 Å². The average Bonchev–Trinajstić information content (AvgIpc) is 2.29. The van der Waals surface area contributed by atoms with Gasteiger partial charge in [-0.2, -0.15) is 0 Å². The lowest BCUT2D eigenvalue weighted by atomic mass is 10.2. The first-order chi connectivity index (χ1) is 7.30. The van der Waals surface area contributed by atoms with Gasteiger partial charge in [0.1, 0.15) is 11.5 Å². The van der Waals surface area contributed by atoms with Crippen LogP contribution in [0.5, 0.6) is 11.5 Å². The van der Waals surface area contributed by atoms with Gasteiger partial charge in [-0.3, -0.25) is 0 Å². The Morgan fingerprint density at radius 1 is 1.12 bits per heavy atom. The van der Waals surface area contributed by atoms with Crippen LogP contribution in [0.2, 0.25) is 0 Å². The summed E-state index contributed by atoms with van der Waals surface area (Å²) in [5.74, 6) is 2.22. The van der Waals surface area contributed by atoms with Crippen LogP contribution in [0, 0.1) is 0 Å². The molecular formula is C11H17Cl2NO2. The van der Waals surface area contributed by atoms with Gasteiger partial charge in [-0.1, -0.05) is 0 Å². The van der Waals surface area contributed by atoms with Gasteiger partial charge in [0.05, 0.1) is 14.2 Å². The highest BCUT2D eigenvalue weighted by Crippen LogP contribution is 2.22. The summed E-state index contributed by atoms with van der Waals surface area (Å²) in [7, 11) is 3.29. The van der Waals surface area contributed by atoms with E-state index in [0.29, 0.717) is 5.88 Å². The van der Waals surface area contributed by atoms with Crippen LogP contribution in [0.25, 0.3) is 0 Å². The largest absolute Gasteiger partial charge is 0.497 e. The Morgan fingerprint density at radius 2 is 1.69 bits per heavy atom. The van der Waals surface area contributed by atoms with Gasteiger partial charge in [0.25, 0.3) is 0 Å². The van der Waals surface area contributed by atoms with E-state index in [1.54, 1.807) is 14.2 Å². The van der Waals surface area contributed by atoms with E-state index < -0.39 is 0 Å². The van der Waals surface area contributed by atoms with Crippen LogP contribution in [0.3, 0.4) is 0 Å². The Balaban J connectivity index is 0.00000225. The number of rotatable bonds is 6. The van der Waals surface area contributed by atoms with E-state index in [1.807, 2.05) is 18.2 Å². The maximum absolute atomic E-state index is 5.57. The van der Waals surface area contributed by atoms with E-state index in [2.05, 4.69) is 5.32 Å². The van der Waals surface area contributed by atoms with Gasteiger partial charge in [-0.05, 0) is 17.7 Å². The average molecular weight is 266 g/mol. The summed E-state index contributed by atoms with van der Waals surface area (Å²) in [6.07, 6.45) is 0. The summed E-state index contributed by atoms with van der Waals surface area (Å²) in [5.41, 5.74) is 1.12. The van der Waals surface area contributed by atoms with Crippen molar-refractivity contribution in [3.05, 3.63) is 23.8 Å². The monoisotopic (exact) mass is 265 g/mol. The molecule has 0 bridgehead atoms. The maximum Gasteiger partial charge on any atom is 0.122 e. The van der Waals surface area contributed by atoms with Crippen LogP contribution < -0.4 is 14.8 Å². The van der Waals surface area contributed by atoms with Gasteiger partial charge >= 0.3 is 0 Å². The highest BCUT2D eigenvalue weighted by Gasteiger charge is 2.01. The number of halogens is 2. The van der Waals surface area contributed by atoms with Crippen LogP contribution in [0.1, 0.15) is 5.56 Å². The molecule has 92 valence electrons. The fourth-order valence-electron chi connectivity index (χ4n) is 1.27. The molecule has 0 aliphatic rings. The Kier molecular flexibility index (Phi) is 8.16. The first-order valence-corrected chi connectivity index (χ1v) is 5.32. The summed E-state index contributed by atoms with van der Waals surface area (Å²) >= 11 is 5.57. The van der Waals surface area contributed by atoms with Gasteiger partial charge < -0.3 is 14.8 Å². The number of hydrogen-bond acceptors (Lipinski definition) is 3. The molecular weight excluding hydrogens is 249 g/mol. The molecule has 0 aliphatic heterocycles. The minimum absolute atomic E-state index is 0. The highest BCUT2D eigenvalue weighted by molar-refractivity contribution is 6.18. The Labute approximate surface area is 107 Å². The third-order valence-electron chi connectivity index (χ3n) is 2.01. The predicted octanol–water partition coefficient (Wildman–Crippen LogP) is 2.45. The molecule has 1 rings (SSSR count). The summed E-state index contributed by atoms with van der Waals surface area (Å²) < 4.78 is 10.3. The van der Waals surface area contributed by atoms with E-state index in [4.69, 9.17) is 21.1 Å². The normalized spacial score (nSPS) is 9.44. The van der Waals surface area contributed by atoms with Crippen molar-refractivity contribution in [2.24, 2.45) is 0 Å². The summed E-state index contributed by atoms with van der Waals surface area (Å²) in [6.45, 7) is 1.56. The van der Waals surface area contributed by atoms with Crippen LogP contribution in [-0.2, 0) is 6.54 Å². The third kappa shape index (κ3) is 4.92. The van der Waals surface area contributed by atoms with E-state index in [9.17, 15) is 0 Å². The molecule has 0 saturated heterocycles. The minimum atomic E-state index is 0. The van der Waals surface area contributed by atoms with Crippen molar-refractivity contribution in [2.45, 2.75) is 6.54 Å². The van der Waals surface area contributed by atoms with E-state index in [-0.39, 0.29) is 12.4 Å². The molecule has 0 aliphatic carbocycles. The molecule has 3 nitrogen and oxygen atoms in total. The van der Waals surface area contributed by atoms with E-state index in [0.717, 1.165) is 30.2 Å². The molecule has 0 atom stereocenters. The molecule has 1 aromatic carbocycles. The van der Waals surface area contributed by atoms with Gasteiger partial charge in [0.2, 0.25) is 0 Å². The molecule has 5 heteroatoms. The zero-order valence-electron chi connectivity index (χ0n) is 9.46. The van der Waals surface area contributed by atoms with Crippen molar-refractivity contribution in [1.82, 2.24) is 5.32 Å². The molecule has 0 spiro atoms. The molecule has 1 N–H and O–H groups in total. The number of hydrogen-bond donors (Lipinski definition) is 1. The minimum Gasteiger partial charge on any atom is -0.497 e. The number of benzene rings is 1. The van der Waals surface area contributed by atoms with Crippen molar-refractivity contribution < 1.29 is 9.47 Å². The zero-order chi connectivity index (χ0) is 11.1. The van der Waals surface area contributed by atoms with Gasteiger partial charge in [-0.25, -0.2) is 0 Å². The summed E-state index contributed by atoms with van der Waals surface area (Å²) in [5, 5.41) is 3.21. The predicted molar refractivity (Wildman–Crippen MR) is 69.2 cm³/mol. The Hall–Kier alpha value is -0.640. The lowest BCUT2D eigenvalue weighted by Gasteiger charge is -2.08. The first-order valence-electron chi connectivity index (χ1n) is 4.78. The lowest BCUT2D eigenvalue weighted by Crippen LogP contribution is -2.15. The number of nitrogens with one attached hydrogen (secondary N) is 1. The van der Waals surface area contributed by atoms with E-state index in [1.165, 1.54) is 0 Å². The van der Waals surface area contributed by atoms with Crippen LogP contribution in [0.15, 0.2) is 18.2 Å². The summed E-state index contributed by atoms with van der Waals surface area (Å²) in [4.78, 5) is 0. The quantitative estimate of drug-likeness (QED) is 0.633. The molecule has 16 heavy (non-hydrogen) atoms. The third-order valence-corrected chi connectivity index (χ3v) is 2.20. The highest BCUT2D eigenvalue weighted by atomic mass is 35.5. The molecule has 0 unspecified atom stereocenters.